The van der Waals surface area contributed by atoms with Crippen molar-refractivity contribution in [1.29, 1.82) is 0 Å². The molecule has 1 aliphatic carbocycles. The molecule has 0 radical (unpaired) electrons. The number of benzene rings is 5. The summed E-state index contributed by atoms with van der Waals surface area (Å²) in [5.41, 5.74) is 9.88. The molecule has 0 unspecified atom stereocenters. The van der Waals surface area contributed by atoms with E-state index in [0.29, 0.717) is 0 Å². The smallest absolute Gasteiger partial charge is 0.0491 e. The lowest BCUT2D eigenvalue weighted by molar-refractivity contribution is 1.59. The third kappa shape index (κ3) is 2.46. The molecule has 0 fully saturated rings. The zero-order chi connectivity index (χ0) is 19.4. The molecule has 0 aliphatic heterocycles. The van der Waals surface area contributed by atoms with Gasteiger partial charge in [-0.05, 0) is 61.8 Å². The van der Waals surface area contributed by atoms with Gasteiger partial charge in [-0.1, -0.05) is 103 Å². The highest BCUT2D eigenvalue weighted by molar-refractivity contribution is 6.37. The molecule has 5 aromatic carbocycles. The molecule has 0 N–H and O–H groups in total. The highest BCUT2D eigenvalue weighted by atomic mass is 35.5. The van der Waals surface area contributed by atoms with Crippen LogP contribution in [0.5, 0.6) is 0 Å². The Morgan fingerprint density at radius 2 is 1.14 bits per heavy atom. The zero-order valence-electron chi connectivity index (χ0n) is 15.7. The maximum atomic E-state index is 6.67. The number of rotatable bonds is 2. The third-order valence-corrected chi connectivity index (χ3v) is 6.19. The molecule has 136 valence electrons. The standard InChI is InChI=1S/C28H17Cl/c29-25-16-15-19-9-5-13-23-26(19)28(25)24-14-6-12-22(27(23)24)21-11-4-10-20(17-21)18-7-2-1-3-8-18/h1-17H. The van der Waals surface area contributed by atoms with Gasteiger partial charge in [0.2, 0.25) is 0 Å². The van der Waals surface area contributed by atoms with Crippen LogP contribution in [0.3, 0.4) is 0 Å². The first kappa shape index (κ1) is 16.6. The molecule has 0 nitrogen and oxygen atoms in total. The summed E-state index contributed by atoms with van der Waals surface area (Å²) in [6.07, 6.45) is 0. The Morgan fingerprint density at radius 1 is 0.448 bits per heavy atom. The van der Waals surface area contributed by atoms with Crippen LogP contribution in [0.1, 0.15) is 0 Å². The average Bonchev–Trinajstić information content (AvgIpc) is 3.13. The maximum Gasteiger partial charge on any atom is 0.0491 e. The van der Waals surface area contributed by atoms with E-state index < -0.39 is 0 Å². The Kier molecular flexibility index (Phi) is 3.62. The Bertz CT molecular complexity index is 1400. The van der Waals surface area contributed by atoms with Crippen LogP contribution in [0.25, 0.3) is 55.3 Å². The van der Waals surface area contributed by atoms with E-state index in [2.05, 4.69) is 97.1 Å². The van der Waals surface area contributed by atoms with Gasteiger partial charge in [0.25, 0.3) is 0 Å². The minimum Gasteiger partial charge on any atom is -0.0836 e. The second-order valence-electron chi connectivity index (χ2n) is 7.50. The summed E-state index contributed by atoms with van der Waals surface area (Å²) in [4.78, 5) is 0. The number of fused-ring (bicyclic) bond motifs is 3. The number of hydrogen-bond donors (Lipinski definition) is 0. The Labute approximate surface area is 175 Å². The Hall–Kier alpha value is -3.35. The molecule has 29 heavy (non-hydrogen) atoms. The zero-order valence-corrected chi connectivity index (χ0v) is 16.4. The van der Waals surface area contributed by atoms with Gasteiger partial charge in [-0.25, -0.2) is 0 Å². The molecular weight excluding hydrogens is 372 g/mol. The summed E-state index contributed by atoms with van der Waals surface area (Å²) in [7, 11) is 0. The van der Waals surface area contributed by atoms with Crippen molar-refractivity contribution in [3.63, 3.8) is 0 Å². The molecule has 0 bridgehead atoms. The van der Waals surface area contributed by atoms with Crippen molar-refractivity contribution in [1.82, 2.24) is 0 Å². The molecule has 0 saturated heterocycles. The molecular formula is C28H17Cl. The molecule has 0 spiro atoms. The van der Waals surface area contributed by atoms with E-state index in [4.69, 9.17) is 11.6 Å². The normalized spacial score (nSPS) is 11.6. The van der Waals surface area contributed by atoms with Crippen LogP contribution in [0, 0.1) is 0 Å². The van der Waals surface area contributed by atoms with Crippen molar-refractivity contribution >= 4 is 22.4 Å². The van der Waals surface area contributed by atoms with Crippen molar-refractivity contribution in [2.24, 2.45) is 0 Å². The number of halogens is 1. The van der Waals surface area contributed by atoms with Crippen LogP contribution in [-0.2, 0) is 0 Å². The minimum absolute atomic E-state index is 0.818. The molecule has 0 atom stereocenters. The van der Waals surface area contributed by atoms with Crippen molar-refractivity contribution < 1.29 is 0 Å². The summed E-state index contributed by atoms with van der Waals surface area (Å²) in [5.74, 6) is 0. The summed E-state index contributed by atoms with van der Waals surface area (Å²) in [6.45, 7) is 0. The monoisotopic (exact) mass is 388 g/mol. The molecule has 1 heteroatoms. The second-order valence-corrected chi connectivity index (χ2v) is 7.91. The van der Waals surface area contributed by atoms with Gasteiger partial charge in [-0.3, -0.25) is 0 Å². The van der Waals surface area contributed by atoms with Gasteiger partial charge < -0.3 is 0 Å². The lowest BCUT2D eigenvalue weighted by Crippen LogP contribution is -1.86. The molecule has 6 rings (SSSR count). The molecule has 0 amide bonds. The van der Waals surface area contributed by atoms with E-state index in [0.717, 1.165) is 10.6 Å². The van der Waals surface area contributed by atoms with Crippen molar-refractivity contribution in [2.75, 3.05) is 0 Å². The maximum absolute atomic E-state index is 6.67. The van der Waals surface area contributed by atoms with Gasteiger partial charge in [-0.2, -0.15) is 0 Å². The fourth-order valence-corrected chi connectivity index (χ4v) is 4.87. The van der Waals surface area contributed by atoms with Crippen LogP contribution >= 0.6 is 11.6 Å². The topological polar surface area (TPSA) is 0 Å². The SMILES string of the molecule is Clc1ccc2cccc3c2c1-c1cccc(-c2cccc(-c4ccccc4)c2)c1-3. The predicted molar refractivity (Wildman–Crippen MR) is 124 cm³/mol. The molecule has 0 heterocycles. The van der Waals surface area contributed by atoms with Crippen molar-refractivity contribution in [3.8, 4) is 44.5 Å². The highest BCUT2D eigenvalue weighted by Gasteiger charge is 2.26. The fourth-order valence-electron chi connectivity index (χ4n) is 4.61. The summed E-state index contributed by atoms with van der Waals surface area (Å²) < 4.78 is 0. The van der Waals surface area contributed by atoms with Crippen LogP contribution in [0.2, 0.25) is 5.02 Å². The molecule has 0 aromatic heterocycles. The summed E-state index contributed by atoms with van der Waals surface area (Å²) >= 11 is 6.67. The Morgan fingerprint density at radius 3 is 2.03 bits per heavy atom. The first-order chi connectivity index (χ1) is 14.3. The quantitative estimate of drug-likeness (QED) is 0.279. The largest absolute Gasteiger partial charge is 0.0836 e. The molecule has 5 aromatic rings. The van der Waals surface area contributed by atoms with E-state index in [1.807, 2.05) is 6.07 Å². The van der Waals surface area contributed by atoms with Gasteiger partial charge in [0.1, 0.15) is 0 Å². The van der Waals surface area contributed by atoms with Gasteiger partial charge >= 0.3 is 0 Å². The van der Waals surface area contributed by atoms with Gasteiger partial charge in [0.15, 0.2) is 0 Å². The average molecular weight is 389 g/mol. The summed E-state index contributed by atoms with van der Waals surface area (Å²) in [6, 6.07) is 36.6. The first-order valence-electron chi connectivity index (χ1n) is 9.82. The first-order valence-corrected chi connectivity index (χ1v) is 10.2. The molecule has 1 aliphatic rings. The van der Waals surface area contributed by atoms with Crippen LogP contribution in [0.4, 0.5) is 0 Å². The molecule has 0 saturated carbocycles. The van der Waals surface area contributed by atoms with E-state index in [-0.39, 0.29) is 0 Å². The summed E-state index contributed by atoms with van der Waals surface area (Å²) in [5, 5.41) is 3.32. The van der Waals surface area contributed by atoms with Gasteiger partial charge in [-0.15, -0.1) is 0 Å². The minimum atomic E-state index is 0.818. The van der Waals surface area contributed by atoms with Crippen molar-refractivity contribution in [3.05, 3.63) is 108 Å². The van der Waals surface area contributed by atoms with E-state index in [1.54, 1.807) is 0 Å². The predicted octanol–water partition coefficient (Wildman–Crippen LogP) is 8.47. The van der Waals surface area contributed by atoms with Crippen LogP contribution < -0.4 is 0 Å². The van der Waals surface area contributed by atoms with Crippen molar-refractivity contribution in [2.45, 2.75) is 0 Å². The fraction of sp³-hybridized carbons (Fsp3) is 0. The number of hydrogen-bond acceptors (Lipinski definition) is 0. The Balaban J connectivity index is 1.62. The lowest BCUT2D eigenvalue weighted by Gasteiger charge is -2.12. The lowest BCUT2D eigenvalue weighted by atomic mass is 9.91. The van der Waals surface area contributed by atoms with Crippen LogP contribution in [0.15, 0.2) is 103 Å². The van der Waals surface area contributed by atoms with Gasteiger partial charge in [0, 0.05) is 10.6 Å². The van der Waals surface area contributed by atoms with Gasteiger partial charge in [0.05, 0.1) is 0 Å². The van der Waals surface area contributed by atoms with Crippen LogP contribution in [-0.4, -0.2) is 0 Å². The van der Waals surface area contributed by atoms with E-state index >= 15 is 0 Å². The highest BCUT2D eigenvalue weighted by Crippen LogP contribution is 2.53. The third-order valence-electron chi connectivity index (χ3n) is 5.88. The second kappa shape index (κ2) is 6.34. The van der Waals surface area contributed by atoms with E-state index in [1.165, 1.54) is 49.7 Å². The van der Waals surface area contributed by atoms with E-state index in [9.17, 15) is 0 Å².